The molecule has 7 rings (SSSR count). The van der Waals surface area contributed by atoms with Crippen LogP contribution in [0.5, 0.6) is 0 Å². The fourth-order valence-corrected chi connectivity index (χ4v) is 5.63. The van der Waals surface area contributed by atoms with Crippen LogP contribution in [0.3, 0.4) is 0 Å². The third-order valence-corrected chi connectivity index (χ3v) is 7.43. The summed E-state index contributed by atoms with van der Waals surface area (Å²) in [6.45, 7) is 0. The summed E-state index contributed by atoms with van der Waals surface area (Å²) < 4.78 is 1.62. The molecular formula is C32H26N6O. The first kappa shape index (κ1) is 23.2. The Labute approximate surface area is 226 Å². The number of benzene rings is 2. The molecule has 0 fully saturated rings. The predicted molar refractivity (Wildman–Crippen MR) is 153 cm³/mol. The van der Waals surface area contributed by atoms with Crippen molar-refractivity contribution in [1.29, 1.82) is 0 Å². The Morgan fingerprint density at radius 1 is 0.872 bits per heavy atom. The second kappa shape index (κ2) is 9.76. The number of nitrogens with zero attached hydrogens (tertiary/aromatic N) is 5. The van der Waals surface area contributed by atoms with Gasteiger partial charge in [0.15, 0.2) is 0 Å². The number of nitrogens with one attached hydrogen (secondary N) is 1. The molecule has 5 aromatic rings. The number of carbonyl (C=O) groups is 1. The van der Waals surface area contributed by atoms with Gasteiger partial charge in [-0.05, 0) is 55.0 Å². The van der Waals surface area contributed by atoms with Crippen LogP contribution in [0.1, 0.15) is 47.3 Å². The Hall–Kier alpha value is -4.91. The first-order valence-electron chi connectivity index (χ1n) is 13.3. The summed E-state index contributed by atoms with van der Waals surface area (Å²) in [4.78, 5) is 27.5. The average Bonchev–Trinajstić information content (AvgIpc) is 3.38. The van der Waals surface area contributed by atoms with Crippen LogP contribution in [0.25, 0.3) is 33.3 Å². The minimum absolute atomic E-state index is 0.161. The number of hydrogen-bond donors (Lipinski definition) is 1. The van der Waals surface area contributed by atoms with Crippen LogP contribution < -0.4 is 5.32 Å². The van der Waals surface area contributed by atoms with Crippen molar-refractivity contribution in [3.8, 4) is 11.3 Å². The third kappa shape index (κ3) is 4.22. The molecule has 0 radical (unpaired) electrons. The van der Waals surface area contributed by atoms with Crippen LogP contribution in [0.15, 0.2) is 97.2 Å². The second-order valence-electron chi connectivity index (χ2n) is 9.89. The Morgan fingerprint density at radius 2 is 1.79 bits per heavy atom. The van der Waals surface area contributed by atoms with E-state index < -0.39 is 0 Å². The van der Waals surface area contributed by atoms with Gasteiger partial charge in [-0.15, -0.1) is 0 Å². The fourth-order valence-electron chi connectivity index (χ4n) is 5.63. The first-order valence-corrected chi connectivity index (χ1v) is 13.3. The molecule has 1 aliphatic carbocycles. The summed E-state index contributed by atoms with van der Waals surface area (Å²) in [5.74, 6) is 0.431. The molecule has 0 amide bonds. The van der Waals surface area contributed by atoms with E-state index in [2.05, 4.69) is 38.5 Å². The van der Waals surface area contributed by atoms with Gasteiger partial charge in [-0.2, -0.15) is 9.78 Å². The summed E-state index contributed by atoms with van der Waals surface area (Å²) >= 11 is 0. The van der Waals surface area contributed by atoms with E-state index in [0.29, 0.717) is 17.8 Å². The number of allylic oxidation sites excluding steroid dienone is 4. The van der Waals surface area contributed by atoms with Crippen molar-refractivity contribution in [2.24, 2.45) is 0 Å². The van der Waals surface area contributed by atoms with Gasteiger partial charge in [-0.25, -0.2) is 4.98 Å². The molecule has 2 aliphatic rings. The van der Waals surface area contributed by atoms with Crippen molar-refractivity contribution in [2.75, 3.05) is 5.32 Å². The van der Waals surface area contributed by atoms with Crippen LogP contribution in [0, 0.1) is 0 Å². The molecule has 190 valence electrons. The third-order valence-electron chi connectivity index (χ3n) is 7.43. The van der Waals surface area contributed by atoms with Gasteiger partial charge in [0.05, 0.1) is 23.0 Å². The quantitative estimate of drug-likeness (QED) is 0.288. The number of aromatic nitrogens is 5. The van der Waals surface area contributed by atoms with Crippen LogP contribution in [0.4, 0.5) is 5.82 Å². The summed E-state index contributed by atoms with van der Waals surface area (Å²) in [6, 6.07) is 20.0. The van der Waals surface area contributed by atoms with E-state index >= 15 is 0 Å². The van der Waals surface area contributed by atoms with Crippen LogP contribution in [0.2, 0.25) is 0 Å². The molecular weight excluding hydrogens is 484 g/mol. The van der Waals surface area contributed by atoms with Gasteiger partial charge >= 0.3 is 0 Å². The standard InChI is InChI=1S/C32H26N6O/c39-32-29(24-13-14-25-23(18-24)12-7-15-34-25)26(36-28-20-33-16-17-35-28)19-27-30(21-8-3-1-4-9-21)31(37-38(27)32)22-10-5-2-6-11-22/h2,5-8,10-18,20H,1,3-4,9,19H2,(H,35,36). The van der Waals surface area contributed by atoms with Crippen LogP contribution in [-0.2, 0) is 6.42 Å². The summed E-state index contributed by atoms with van der Waals surface area (Å²) in [5, 5.41) is 9.39. The first-order chi connectivity index (χ1) is 19.3. The molecule has 2 aromatic carbocycles. The van der Waals surface area contributed by atoms with Crippen molar-refractivity contribution in [1.82, 2.24) is 24.7 Å². The second-order valence-corrected chi connectivity index (χ2v) is 9.89. The van der Waals surface area contributed by atoms with Gasteiger partial charge in [-0.3, -0.25) is 14.8 Å². The van der Waals surface area contributed by atoms with Gasteiger partial charge in [0.25, 0.3) is 5.91 Å². The molecule has 0 saturated carbocycles. The van der Waals surface area contributed by atoms with E-state index in [-0.39, 0.29) is 5.91 Å². The van der Waals surface area contributed by atoms with Crippen LogP contribution in [-0.4, -0.2) is 30.6 Å². The molecule has 39 heavy (non-hydrogen) atoms. The minimum Gasteiger partial charge on any atom is -0.341 e. The number of rotatable bonds is 5. The molecule has 3 aromatic heterocycles. The largest absolute Gasteiger partial charge is 0.341 e. The monoisotopic (exact) mass is 510 g/mol. The number of hydrogen-bond acceptors (Lipinski definition) is 6. The SMILES string of the molecule is O=C1C(c2ccc3ncccc3c2)=C(Nc2cnccn2)Cc2c(C3=CCCCC3)c(-c3ccccc3)nn21. The maximum Gasteiger partial charge on any atom is 0.280 e. The predicted octanol–water partition coefficient (Wildman–Crippen LogP) is 6.57. The zero-order valence-corrected chi connectivity index (χ0v) is 21.3. The molecule has 0 spiro atoms. The molecule has 0 bridgehead atoms. The van der Waals surface area contributed by atoms with Gasteiger partial charge in [-0.1, -0.05) is 48.5 Å². The Kier molecular flexibility index (Phi) is 5.81. The smallest absolute Gasteiger partial charge is 0.280 e. The lowest BCUT2D eigenvalue weighted by atomic mass is 9.88. The van der Waals surface area contributed by atoms with E-state index in [9.17, 15) is 4.79 Å². The maximum atomic E-state index is 14.4. The highest BCUT2D eigenvalue weighted by molar-refractivity contribution is 6.23. The molecule has 1 N–H and O–H groups in total. The molecule has 4 heterocycles. The van der Waals surface area contributed by atoms with Crippen LogP contribution >= 0.6 is 0 Å². The van der Waals surface area contributed by atoms with Gasteiger partial charge in [0.2, 0.25) is 0 Å². The number of fused-ring (bicyclic) bond motifs is 2. The fraction of sp³-hybridized carbons (Fsp3) is 0.156. The number of pyridine rings is 1. The van der Waals surface area contributed by atoms with Crippen molar-refractivity contribution >= 4 is 33.8 Å². The normalized spacial score (nSPS) is 15.3. The number of carbonyl (C=O) groups excluding carboxylic acids is 1. The lowest BCUT2D eigenvalue weighted by Gasteiger charge is -2.24. The highest BCUT2D eigenvalue weighted by Gasteiger charge is 2.34. The van der Waals surface area contributed by atoms with E-state index in [1.165, 1.54) is 12.0 Å². The highest BCUT2D eigenvalue weighted by atomic mass is 16.2. The Balaban J connectivity index is 1.43. The molecule has 7 heteroatoms. The van der Waals surface area contributed by atoms with E-state index in [4.69, 9.17) is 5.10 Å². The maximum absolute atomic E-state index is 14.4. The average molecular weight is 511 g/mol. The lowest BCUT2D eigenvalue weighted by Crippen LogP contribution is -2.27. The molecule has 0 saturated heterocycles. The summed E-state index contributed by atoms with van der Waals surface area (Å²) in [6.07, 6.45) is 13.9. The summed E-state index contributed by atoms with van der Waals surface area (Å²) in [7, 11) is 0. The van der Waals surface area contributed by atoms with Crippen molar-refractivity contribution in [2.45, 2.75) is 32.1 Å². The zero-order chi connectivity index (χ0) is 26.2. The Bertz CT molecular complexity index is 1770. The minimum atomic E-state index is -0.161. The lowest BCUT2D eigenvalue weighted by molar-refractivity contribution is 0.0958. The molecule has 0 atom stereocenters. The van der Waals surface area contributed by atoms with Gasteiger partial charge < -0.3 is 5.32 Å². The molecule has 7 nitrogen and oxygen atoms in total. The van der Waals surface area contributed by atoms with E-state index in [1.54, 1.807) is 29.5 Å². The van der Waals surface area contributed by atoms with Gasteiger partial charge in [0.1, 0.15) is 11.5 Å². The zero-order valence-electron chi connectivity index (χ0n) is 21.3. The van der Waals surface area contributed by atoms with Gasteiger partial charge in [0, 0.05) is 47.2 Å². The summed E-state index contributed by atoms with van der Waals surface area (Å²) in [5.41, 5.74) is 8.18. The van der Waals surface area contributed by atoms with E-state index in [0.717, 1.165) is 63.9 Å². The van der Waals surface area contributed by atoms with Crippen molar-refractivity contribution < 1.29 is 4.79 Å². The van der Waals surface area contributed by atoms with E-state index in [1.807, 2.05) is 48.5 Å². The molecule has 1 aliphatic heterocycles. The van der Waals surface area contributed by atoms with Crippen molar-refractivity contribution in [3.05, 3.63) is 114 Å². The highest BCUT2D eigenvalue weighted by Crippen LogP contribution is 2.40. The van der Waals surface area contributed by atoms with Crippen molar-refractivity contribution in [3.63, 3.8) is 0 Å². The topological polar surface area (TPSA) is 85.6 Å². The molecule has 0 unspecified atom stereocenters. The Morgan fingerprint density at radius 3 is 2.62 bits per heavy atom. The number of anilines is 1.